The van der Waals surface area contributed by atoms with Gasteiger partial charge in [0.05, 0.1) is 35.9 Å². The summed E-state index contributed by atoms with van der Waals surface area (Å²) in [6.45, 7) is 1.97. The number of amides is 2. The quantitative estimate of drug-likeness (QED) is 0.426. The summed E-state index contributed by atoms with van der Waals surface area (Å²) < 4.78 is 10.6. The maximum absolute atomic E-state index is 13.7. The molecule has 1 N–H and O–H groups in total. The summed E-state index contributed by atoms with van der Waals surface area (Å²) in [5.41, 5.74) is 1.47. The molecule has 0 bridgehead atoms. The van der Waals surface area contributed by atoms with Crippen molar-refractivity contribution < 1.29 is 23.9 Å². The van der Waals surface area contributed by atoms with E-state index in [0.29, 0.717) is 22.0 Å². The Labute approximate surface area is 202 Å². The van der Waals surface area contributed by atoms with Gasteiger partial charge in [0.25, 0.3) is 0 Å². The summed E-state index contributed by atoms with van der Waals surface area (Å²) in [6, 6.07) is 13.5. The normalized spacial score (nSPS) is 21.2. The Morgan fingerprint density at radius 1 is 1.06 bits per heavy atom. The van der Waals surface area contributed by atoms with E-state index in [4.69, 9.17) is 9.47 Å². The molecule has 0 aliphatic carbocycles. The summed E-state index contributed by atoms with van der Waals surface area (Å²) in [4.78, 5) is 55.9. The smallest absolute Gasteiger partial charge is 0.338 e. The molecule has 5 rings (SSSR count). The molecule has 174 valence electrons. The average Bonchev–Trinajstić information content (AvgIpc) is 3.33. The Hall–Kier alpha value is -3.37. The zero-order valence-corrected chi connectivity index (χ0v) is 19.9. The third kappa shape index (κ3) is 3.54. The van der Waals surface area contributed by atoms with Crippen LogP contribution >= 0.6 is 23.1 Å². The predicted octanol–water partition coefficient (Wildman–Crippen LogP) is 3.42. The van der Waals surface area contributed by atoms with Crippen LogP contribution in [0.4, 0.5) is 5.69 Å². The van der Waals surface area contributed by atoms with Gasteiger partial charge in [-0.25, -0.2) is 9.69 Å². The highest BCUT2D eigenvalue weighted by Gasteiger charge is 2.56. The van der Waals surface area contributed by atoms with Gasteiger partial charge in [0, 0.05) is 16.4 Å². The number of hydrogen-bond donors (Lipinski definition) is 1. The van der Waals surface area contributed by atoms with Gasteiger partial charge in [-0.3, -0.25) is 14.4 Å². The van der Waals surface area contributed by atoms with Gasteiger partial charge in [0.2, 0.25) is 11.8 Å². The Morgan fingerprint density at radius 3 is 2.50 bits per heavy atom. The zero-order chi connectivity index (χ0) is 24.0. The van der Waals surface area contributed by atoms with Gasteiger partial charge in [-0.2, -0.15) is 0 Å². The van der Waals surface area contributed by atoms with Crippen LogP contribution in [-0.4, -0.2) is 41.7 Å². The van der Waals surface area contributed by atoms with Crippen LogP contribution in [-0.2, 0) is 14.3 Å². The van der Waals surface area contributed by atoms with E-state index in [9.17, 15) is 19.2 Å². The standard InChI is InChI=1S/C24H20N2O6S2/c1-3-32-23(29)12-8-10-13(11-9-12)26-21(27)17-16(14-6-4-5-7-15(14)31-2)18-20(25-24(30)34-18)33-19(17)22(26)28/h4-11,16-17,19H,3H2,1-2H3,(H,25,30)/t16-,17?,19?/m1/s1. The monoisotopic (exact) mass is 496 g/mol. The molecule has 0 saturated carbocycles. The van der Waals surface area contributed by atoms with Gasteiger partial charge in [-0.05, 0) is 37.3 Å². The van der Waals surface area contributed by atoms with E-state index in [1.807, 2.05) is 18.2 Å². The number of hydrogen-bond acceptors (Lipinski definition) is 8. The number of fused-ring (bicyclic) bond motifs is 2. The second-order valence-corrected chi connectivity index (χ2v) is 9.94. The summed E-state index contributed by atoms with van der Waals surface area (Å²) in [6.07, 6.45) is 0. The highest BCUT2D eigenvalue weighted by Crippen LogP contribution is 2.54. The lowest BCUT2D eigenvalue weighted by Crippen LogP contribution is -2.32. The van der Waals surface area contributed by atoms with Crippen molar-refractivity contribution in [1.29, 1.82) is 0 Å². The molecule has 3 heterocycles. The molecule has 1 saturated heterocycles. The maximum atomic E-state index is 13.7. The van der Waals surface area contributed by atoms with Gasteiger partial charge < -0.3 is 14.5 Å². The van der Waals surface area contributed by atoms with Crippen molar-refractivity contribution in [2.75, 3.05) is 18.6 Å². The fourth-order valence-corrected chi connectivity index (χ4v) is 7.00. The third-order valence-corrected chi connectivity index (χ3v) is 8.34. The number of carbonyl (C=O) groups is 3. The molecule has 2 aliphatic heterocycles. The van der Waals surface area contributed by atoms with Crippen LogP contribution in [0.5, 0.6) is 5.75 Å². The number of thioether (sulfide) groups is 1. The minimum absolute atomic E-state index is 0.233. The lowest BCUT2D eigenvalue weighted by Gasteiger charge is -2.30. The molecule has 2 amide bonds. The molecule has 0 radical (unpaired) electrons. The SMILES string of the molecule is CCOC(=O)c1ccc(N2C(=O)C3Sc4[nH]c(=O)sc4[C@H](c4ccccc4OC)C3C2=O)cc1. The molecular formula is C24H20N2O6S2. The van der Waals surface area contributed by atoms with Crippen LogP contribution in [0.3, 0.4) is 0 Å². The molecule has 1 aromatic heterocycles. The highest BCUT2D eigenvalue weighted by molar-refractivity contribution is 8.00. The number of aromatic nitrogens is 1. The van der Waals surface area contributed by atoms with E-state index < -0.39 is 23.1 Å². The number of esters is 1. The van der Waals surface area contributed by atoms with E-state index in [0.717, 1.165) is 21.8 Å². The second kappa shape index (κ2) is 8.77. The van der Waals surface area contributed by atoms with Crippen LogP contribution in [0.2, 0.25) is 0 Å². The Balaban J connectivity index is 1.57. The summed E-state index contributed by atoms with van der Waals surface area (Å²) in [7, 11) is 1.55. The van der Waals surface area contributed by atoms with Crippen LogP contribution in [0, 0.1) is 5.92 Å². The molecule has 1 fully saturated rings. The van der Waals surface area contributed by atoms with Crippen LogP contribution < -0.4 is 14.5 Å². The fourth-order valence-electron chi connectivity index (χ4n) is 4.49. The summed E-state index contributed by atoms with van der Waals surface area (Å²) in [5, 5.41) is -0.0993. The van der Waals surface area contributed by atoms with Crippen LogP contribution in [0.1, 0.15) is 33.6 Å². The number of carbonyl (C=O) groups excluding carboxylic acids is 3. The molecule has 34 heavy (non-hydrogen) atoms. The third-order valence-electron chi connectivity index (χ3n) is 5.93. The number of benzene rings is 2. The van der Waals surface area contributed by atoms with E-state index in [-0.39, 0.29) is 23.3 Å². The number of nitrogens with one attached hydrogen (secondary N) is 1. The van der Waals surface area contributed by atoms with Crippen LogP contribution in [0.25, 0.3) is 0 Å². The fraction of sp³-hybridized carbons (Fsp3) is 0.250. The molecular weight excluding hydrogens is 476 g/mol. The molecule has 3 atom stereocenters. The van der Waals surface area contributed by atoms with Crippen molar-refractivity contribution >= 4 is 46.6 Å². The average molecular weight is 497 g/mol. The van der Waals surface area contributed by atoms with E-state index in [1.165, 1.54) is 28.8 Å². The number of imide groups is 1. The molecule has 2 unspecified atom stereocenters. The summed E-state index contributed by atoms with van der Waals surface area (Å²) >= 11 is 2.26. The molecule has 3 aromatic rings. The molecule has 0 spiro atoms. The predicted molar refractivity (Wildman–Crippen MR) is 128 cm³/mol. The number of methoxy groups -OCH3 is 1. The minimum atomic E-state index is -0.711. The number of nitrogens with zero attached hydrogens (tertiary/aromatic N) is 1. The Kier molecular flexibility index (Phi) is 5.78. The van der Waals surface area contributed by atoms with Crippen molar-refractivity contribution in [3.63, 3.8) is 0 Å². The second-order valence-electron chi connectivity index (χ2n) is 7.77. The maximum Gasteiger partial charge on any atom is 0.338 e. The Morgan fingerprint density at radius 2 is 1.79 bits per heavy atom. The number of ether oxygens (including phenoxy) is 2. The first-order valence-electron chi connectivity index (χ1n) is 10.6. The molecule has 2 aliphatic rings. The number of rotatable bonds is 5. The number of aromatic amines is 1. The first-order chi connectivity index (χ1) is 16.4. The van der Waals surface area contributed by atoms with E-state index in [1.54, 1.807) is 32.2 Å². The van der Waals surface area contributed by atoms with Gasteiger partial charge in [0.1, 0.15) is 11.0 Å². The molecule has 8 nitrogen and oxygen atoms in total. The number of H-pyrrole nitrogens is 1. The largest absolute Gasteiger partial charge is 0.496 e. The van der Waals surface area contributed by atoms with Crippen molar-refractivity contribution in [2.24, 2.45) is 5.92 Å². The van der Waals surface area contributed by atoms with E-state index in [2.05, 4.69) is 4.98 Å². The van der Waals surface area contributed by atoms with Gasteiger partial charge in [-0.1, -0.05) is 41.3 Å². The lowest BCUT2D eigenvalue weighted by molar-refractivity contribution is -0.122. The molecule has 10 heteroatoms. The first-order valence-corrected chi connectivity index (χ1v) is 12.3. The van der Waals surface area contributed by atoms with Crippen LogP contribution in [0.15, 0.2) is 58.4 Å². The highest BCUT2D eigenvalue weighted by atomic mass is 32.2. The van der Waals surface area contributed by atoms with Crippen molar-refractivity contribution in [1.82, 2.24) is 4.98 Å². The van der Waals surface area contributed by atoms with Crippen molar-refractivity contribution in [2.45, 2.75) is 23.1 Å². The molecule has 2 aromatic carbocycles. The van der Waals surface area contributed by atoms with Crippen molar-refractivity contribution in [3.8, 4) is 5.75 Å². The number of anilines is 1. The number of thiazole rings is 1. The topological polar surface area (TPSA) is 106 Å². The minimum Gasteiger partial charge on any atom is -0.496 e. The number of para-hydroxylation sites is 1. The lowest BCUT2D eigenvalue weighted by atomic mass is 9.82. The van der Waals surface area contributed by atoms with Gasteiger partial charge >= 0.3 is 10.8 Å². The zero-order valence-electron chi connectivity index (χ0n) is 18.3. The first kappa shape index (κ1) is 22.4. The van der Waals surface area contributed by atoms with Gasteiger partial charge in [0.15, 0.2) is 0 Å². The summed E-state index contributed by atoms with van der Waals surface area (Å²) in [5.74, 6) is -1.82. The van der Waals surface area contributed by atoms with E-state index >= 15 is 0 Å². The Bertz CT molecular complexity index is 1350. The van der Waals surface area contributed by atoms with Gasteiger partial charge in [-0.15, -0.1) is 0 Å². The van der Waals surface area contributed by atoms with Crippen molar-refractivity contribution in [3.05, 3.63) is 74.2 Å².